The van der Waals surface area contributed by atoms with Gasteiger partial charge >= 0.3 is 0 Å². The second-order valence-corrected chi connectivity index (χ2v) is 4.27. The van der Waals surface area contributed by atoms with Gasteiger partial charge in [-0.1, -0.05) is 0 Å². The fraction of sp³-hybridized carbons (Fsp3) is 0.833. The van der Waals surface area contributed by atoms with Gasteiger partial charge in [-0.2, -0.15) is 10.5 Å². The molecule has 0 aromatic carbocycles. The zero-order valence-electron chi connectivity index (χ0n) is 13.0. The molecule has 0 fully saturated rings. The molecule has 8 nitrogen and oxygen atoms in total. The Morgan fingerprint density at radius 3 is 0.762 bits per heavy atom. The summed E-state index contributed by atoms with van der Waals surface area (Å²) in [6.07, 6.45) is -3.02. The average Bonchev–Trinajstić information content (AvgIpc) is 2.17. The predicted molar refractivity (Wildman–Crippen MR) is 74.7 cm³/mol. The van der Waals surface area contributed by atoms with Gasteiger partial charge in [0.05, 0.1) is 48.4 Å². The van der Waals surface area contributed by atoms with E-state index in [1.54, 1.807) is 12.1 Å². The molecule has 0 heterocycles. The molecular weight excluding hydrogens is 334 g/mol. The molecule has 4 unspecified atom stereocenters. The van der Waals surface area contributed by atoms with Crippen LogP contribution in [-0.4, -0.2) is 44.8 Å². The van der Waals surface area contributed by atoms with Gasteiger partial charge < -0.3 is 31.4 Å². The van der Waals surface area contributed by atoms with Crippen LogP contribution in [0.3, 0.4) is 0 Å². The maximum absolute atomic E-state index is 8.80. The monoisotopic (exact) mass is 360 g/mol. The fourth-order valence-corrected chi connectivity index (χ4v) is 1.24. The van der Waals surface area contributed by atoms with E-state index >= 15 is 0 Å². The van der Waals surface area contributed by atoms with Crippen molar-refractivity contribution in [2.45, 2.75) is 52.1 Å². The Morgan fingerprint density at radius 2 is 0.762 bits per heavy atom. The maximum Gasteiger partial charge on any atom is 0.0975 e. The van der Waals surface area contributed by atoms with E-state index in [2.05, 4.69) is 0 Å². The molecule has 0 aliphatic carbocycles. The maximum atomic E-state index is 8.80. The van der Waals surface area contributed by atoms with Crippen molar-refractivity contribution in [3.63, 3.8) is 0 Å². The Labute approximate surface area is 138 Å². The second kappa shape index (κ2) is 17.4. The summed E-state index contributed by atoms with van der Waals surface area (Å²) >= 11 is 0. The number of aliphatic hydroxyl groups excluding tert-OH is 4. The zero-order chi connectivity index (χ0) is 14.9. The Kier molecular flexibility index (Phi) is 26.8. The first-order valence-corrected chi connectivity index (χ1v) is 5.70. The van der Waals surface area contributed by atoms with E-state index in [4.69, 9.17) is 30.9 Å². The molecule has 0 rings (SSSR count). The van der Waals surface area contributed by atoms with Crippen LogP contribution in [0.1, 0.15) is 27.7 Å². The van der Waals surface area contributed by atoms with Gasteiger partial charge in [-0.25, -0.2) is 0 Å². The minimum absolute atomic E-state index is 0. The summed E-state index contributed by atoms with van der Waals surface area (Å²) in [6.45, 7) is 5.95. The van der Waals surface area contributed by atoms with E-state index < -0.39 is 36.3 Å². The van der Waals surface area contributed by atoms with Crippen LogP contribution in [0.25, 0.3) is 0 Å². The van der Waals surface area contributed by atoms with E-state index in [1.165, 1.54) is 27.7 Å². The number of aliphatic hydroxyl groups is 4. The summed E-state index contributed by atoms with van der Waals surface area (Å²) < 4.78 is 0. The molecule has 0 amide bonds. The first-order chi connectivity index (χ1) is 8.18. The minimum Gasteiger partial charge on any atom is -0.457 e. The van der Waals surface area contributed by atoms with Gasteiger partial charge in [-0.3, -0.25) is 0 Å². The van der Waals surface area contributed by atoms with Gasteiger partial charge in [0.15, 0.2) is 0 Å². The summed E-state index contributed by atoms with van der Waals surface area (Å²) in [7, 11) is 0. The van der Waals surface area contributed by atoms with Crippen LogP contribution in [0.2, 0.25) is 0 Å². The van der Waals surface area contributed by atoms with Gasteiger partial charge in [-0.15, -0.1) is 0 Å². The largest absolute Gasteiger partial charge is 0.457 e. The Balaban J connectivity index is -0.0000000711. The molecule has 0 bridgehead atoms. The first kappa shape index (κ1) is 32.3. The van der Waals surface area contributed by atoms with Gasteiger partial charge in [0.1, 0.15) is 0 Å². The first-order valence-electron chi connectivity index (χ1n) is 5.70. The number of nitriles is 2. The molecular formula is C12H28N2O6Zn+2. The third kappa shape index (κ3) is 15.6. The fourth-order valence-electron chi connectivity index (χ4n) is 1.24. The third-order valence-corrected chi connectivity index (χ3v) is 2.38. The SMILES string of the molecule is CC(O)C(C#N)C(C)O.CC(O)C(C#N)C(C)O.[OH3+].[OH3+].[Zn]. The molecule has 0 aromatic rings. The van der Waals surface area contributed by atoms with Gasteiger partial charge in [0.25, 0.3) is 0 Å². The molecule has 0 spiro atoms. The molecule has 4 atom stereocenters. The molecule has 0 saturated carbocycles. The smallest absolute Gasteiger partial charge is 0.0975 e. The van der Waals surface area contributed by atoms with Crippen LogP contribution >= 0.6 is 0 Å². The van der Waals surface area contributed by atoms with Gasteiger partial charge in [-0.05, 0) is 27.7 Å². The molecule has 122 valence electrons. The zero-order valence-corrected chi connectivity index (χ0v) is 16.0. The van der Waals surface area contributed by atoms with Crippen molar-refractivity contribution < 1.29 is 50.9 Å². The van der Waals surface area contributed by atoms with Crippen LogP contribution in [-0.2, 0) is 30.4 Å². The number of hydrogen-bond acceptors (Lipinski definition) is 6. The molecule has 0 aliphatic heterocycles. The Bertz CT molecular complexity index is 253. The normalized spacial score (nSPS) is 17.0. The van der Waals surface area contributed by atoms with E-state index in [-0.39, 0.29) is 30.4 Å². The van der Waals surface area contributed by atoms with Crippen molar-refractivity contribution in [2.75, 3.05) is 0 Å². The number of rotatable bonds is 4. The molecule has 0 radical (unpaired) electrons. The van der Waals surface area contributed by atoms with Crippen molar-refractivity contribution in [1.82, 2.24) is 0 Å². The summed E-state index contributed by atoms with van der Waals surface area (Å²) in [4.78, 5) is 0. The summed E-state index contributed by atoms with van der Waals surface area (Å²) in [6, 6.07) is 3.60. The van der Waals surface area contributed by atoms with Crippen molar-refractivity contribution >= 4 is 0 Å². The summed E-state index contributed by atoms with van der Waals surface area (Å²) in [5.41, 5.74) is 0. The number of nitrogens with zero attached hydrogens (tertiary/aromatic N) is 2. The minimum atomic E-state index is -0.755. The topological polar surface area (TPSA) is 194 Å². The Hall–Kier alpha value is -0.637. The van der Waals surface area contributed by atoms with Crippen LogP contribution < -0.4 is 0 Å². The van der Waals surface area contributed by atoms with Crippen molar-refractivity contribution in [1.29, 1.82) is 10.5 Å². The van der Waals surface area contributed by atoms with E-state index in [0.29, 0.717) is 0 Å². The predicted octanol–water partition coefficient (Wildman–Crippen LogP) is -2.07. The average molecular weight is 362 g/mol. The summed E-state index contributed by atoms with van der Waals surface area (Å²) in [5.74, 6) is -1.32. The molecule has 0 aromatic heterocycles. The summed E-state index contributed by atoms with van der Waals surface area (Å²) in [5, 5.41) is 51.8. The van der Waals surface area contributed by atoms with Crippen molar-refractivity contribution in [3.8, 4) is 12.1 Å². The Morgan fingerprint density at radius 1 is 0.619 bits per heavy atom. The van der Waals surface area contributed by atoms with E-state index in [0.717, 1.165) is 0 Å². The molecule has 0 saturated heterocycles. The van der Waals surface area contributed by atoms with Gasteiger partial charge in [0, 0.05) is 19.5 Å². The molecule has 10 N–H and O–H groups in total. The standard InChI is InChI=1S/2C6H11NO2.2H2O.Zn/c2*1-4(8)6(3-7)5(2)9;;;/h2*4-6,8-9H,1-2H3;2*1H2;/p+2. The van der Waals surface area contributed by atoms with Crippen LogP contribution in [0, 0.1) is 34.5 Å². The third-order valence-electron chi connectivity index (χ3n) is 2.38. The molecule has 21 heavy (non-hydrogen) atoms. The van der Waals surface area contributed by atoms with E-state index in [1.807, 2.05) is 0 Å². The molecule has 9 heteroatoms. The number of hydrogen-bond donors (Lipinski definition) is 4. The van der Waals surface area contributed by atoms with Crippen molar-refractivity contribution in [3.05, 3.63) is 0 Å². The second-order valence-electron chi connectivity index (χ2n) is 4.27. The quantitative estimate of drug-likeness (QED) is 0.327. The van der Waals surface area contributed by atoms with Gasteiger partial charge in [0.2, 0.25) is 0 Å². The van der Waals surface area contributed by atoms with Crippen LogP contribution in [0.15, 0.2) is 0 Å². The van der Waals surface area contributed by atoms with Crippen LogP contribution in [0.5, 0.6) is 0 Å². The molecule has 0 aliphatic rings. The van der Waals surface area contributed by atoms with E-state index in [9.17, 15) is 0 Å². The van der Waals surface area contributed by atoms with Crippen molar-refractivity contribution in [2.24, 2.45) is 11.8 Å². The van der Waals surface area contributed by atoms with Crippen LogP contribution in [0.4, 0.5) is 0 Å².